The Labute approximate surface area is 71.7 Å². The van der Waals surface area contributed by atoms with Crippen LogP contribution in [0.2, 0.25) is 0 Å². The van der Waals surface area contributed by atoms with Gasteiger partial charge in [0.1, 0.15) is 0 Å². The maximum absolute atomic E-state index is 12.2. The van der Waals surface area contributed by atoms with Crippen LogP contribution in [0, 0.1) is 0 Å². The first kappa shape index (κ1) is 7.61. The maximum Gasteiger partial charge on any atom is 0.272 e. The van der Waals surface area contributed by atoms with Crippen molar-refractivity contribution in [2.75, 3.05) is 0 Å². The third-order valence-corrected chi connectivity index (χ3v) is 2.67. The largest absolute Gasteiger partial charge is 0.272 e. The van der Waals surface area contributed by atoms with Crippen molar-refractivity contribution in [3.05, 3.63) is 29.4 Å². The fourth-order valence-electron chi connectivity index (χ4n) is 1.01. The van der Waals surface area contributed by atoms with Gasteiger partial charge in [0.15, 0.2) is 0 Å². The molecule has 0 unspecified atom stereocenters. The Kier molecular flexibility index (Phi) is 1.77. The average Bonchev–Trinajstić information content (AvgIpc) is 2.46. The third-order valence-electron chi connectivity index (χ3n) is 1.55. The predicted molar refractivity (Wildman–Crippen MR) is 44.6 cm³/mol. The Bertz CT molecular complexity index is 364. The summed E-state index contributed by atoms with van der Waals surface area (Å²) in [4.78, 5) is 3.96. The summed E-state index contributed by atoms with van der Waals surface area (Å²) >= 11 is 1.12. The zero-order chi connectivity index (χ0) is 8.55. The van der Waals surface area contributed by atoms with Crippen LogP contribution >= 0.6 is 11.3 Å². The summed E-state index contributed by atoms with van der Waals surface area (Å²) in [5, 5.41) is 0.790. The Balaban J connectivity index is 2.62. The smallest absolute Gasteiger partial charge is 0.264 e. The van der Waals surface area contributed by atoms with E-state index in [-0.39, 0.29) is 4.88 Å². The second-order valence-corrected chi connectivity index (χ2v) is 3.48. The lowest BCUT2D eigenvalue weighted by atomic mass is 10.3. The Morgan fingerprint density at radius 1 is 1.42 bits per heavy atom. The van der Waals surface area contributed by atoms with Crippen molar-refractivity contribution in [3.63, 3.8) is 0 Å². The zero-order valence-electron chi connectivity index (χ0n) is 6.00. The van der Waals surface area contributed by atoms with E-state index in [4.69, 9.17) is 0 Å². The fraction of sp³-hybridized carbons (Fsp3) is 0.125. The number of hydrogen-bond acceptors (Lipinski definition) is 2. The Hall–Kier alpha value is -1.03. The van der Waals surface area contributed by atoms with Gasteiger partial charge in [0, 0.05) is 22.5 Å². The number of alkyl halides is 2. The highest BCUT2D eigenvalue weighted by atomic mass is 32.1. The molecule has 0 aliphatic rings. The summed E-state index contributed by atoms with van der Waals surface area (Å²) in [6.07, 6.45) is 0.827. The first-order chi connectivity index (χ1) is 5.77. The molecule has 4 heteroatoms. The van der Waals surface area contributed by atoms with Crippen LogP contribution < -0.4 is 0 Å². The van der Waals surface area contributed by atoms with E-state index < -0.39 is 6.43 Å². The van der Waals surface area contributed by atoms with Gasteiger partial charge in [-0.15, -0.1) is 11.3 Å². The molecule has 0 N–H and O–H groups in total. The molecule has 2 aromatic rings. The van der Waals surface area contributed by atoms with Crippen molar-refractivity contribution >= 4 is 21.4 Å². The van der Waals surface area contributed by atoms with Crippen molar-refractivity contribution in [2.45, 2.75) is 6.43 Å². The van der Waals surface area contributed by atoms with Gasteiger partial charge in [0.25, 0.3) is 6.43 Å². The maximum atomic E-state index is 12.2. The number of halogens is 2. The lowest BCUT2D eigenvalue weighted by molar-refractivity contribution is 0.156. The van der Waals surface area contributed by atoms with Crippen LogP contribution in [0.1, 0.15) is 11.3 Å². The molecule has 0 bridgehead atoms. The lowest BCUT2D eigenvalue weighted by Gasteiger charge is -1.87. The third kappa shape index (κ3) is 1.18. The molecular weight excluding hydrogens is 180 g/mol. The first-order valence-electron chi connectivity index (χ1n) is 3.39. The van der Waals surface area contributed by atoms with Gasteiger partial charge in [-0.1, -0.05) is 0 Å². The minimum Gasteiger partial charge on any atom is -0.264 e. The van der Waals surface area contributed by atoms with Crippen LogP contribution in [0.4, 0.5) is 8.78 Å². The molecule has 0 radical (unpaired) electrons. The number of thiophene rings is 1. The number of rotatable bonds is 1. The second-order valence-electron chi connectivity index (χ2n) is 2.36. The summed E-state index contributed by atoms with van der Waals surface area (Å²) in [6, 6.07) is 3.23. The van der Waals surface area contributed by atoms with Gasteiger partial charge >= 0.3 is 0 Å². The molecule has 1 nitrogen and oxygen atoms in total. The van der Waals surface area contributed by atoms with E-state index in [1.165, 1.54) is 6.07 Å². The van der Waals surface area contributed by atoms with E-state index in [0.29, 0.717) is 0 Å². The normalized spacial score (nSPS) is 11.2. The van der Waals surface area contributed by atoms with Gasteiger partial charge in [-0.2, -0.15) is 0 Å². The molecule has 2 heterocycles. The van der Waals surface area contributed by atoms with Gasteiger partial charge < -0.3 is 0 Å². The highest BCUT2D eigenvalue weighted by Gasteiger charge is 2.10. The quantitative estimate of drug-likeness (QED) is 0.664. The van der Waals surface area contributed by atoms with Crippen LogP contribution in [0.25, 0.3) is 10.1 Å². The molecule has 0 atom stereocenters. The standard InChI is InChI=1S/C8H5F2NS/c9-8(10)7-3-5-4-11-2-1-6(5)12-7/h1-4,8H. The Morgan fingerprint density at radius 3 is 2.92 bits per heavy atom. The predicted octanol–water partition coefficient (Wildman–Crippen LogP) is 3.23. The van der Waals surface area contributed by atoms with E-state index in [1.807, 2.05) is 0 Å². The summed E-state index contributed by atoms with van der Waals surface area (Å²) in [6.45, 7) is 0. The summed E-state index contributed by atoms with van der Waals surface area (Å²) in [7, 11) is 0. The Morgan fingerprint density at radius 2 is 2.25 bits per heavy atom. The van der Waals surface area contributed by atoms with Crippen LogP contribution in [0.5, 0.6) is 0 Å². The number of fused-ring (bicyclic) bond motifs is 1. The molecule has 0 aliphatic heterocycles. The molecule has 0 fully saturated rings. The molecule has 2 aromatic heterocycles. The van der Waals surface area contributed by atoms with Crippen LogP contribution in [0.3, 0.4) is 0 Å². The lowest BCUT2D eigenvalue weighted by Crippen LogP contribution is -1.72. The van der Waals surface area contributed by atoms with Crippen molar-refractivity contribution in [1.29, 1.82) is 0 Å². The van der Waals surface area contributed by atoms with E-state index in [2.05, 4.69) is 4.98 Å². The molecule has 2 rings (SSSR count). The average molecular weight is 185 g/mol. The fourth-order valence-corrected chi connectivity index (χ4v) is 1.90. The molecule has 0 aromatic carbocycles. The van der Waals surface area contributed by atoms with Crippen LogP contribution in [-0.4, -0.2) is 4.98 Å². The number of nitrogens with zero attached hydrogens (tertiary/aromatic N) is 1. The van der Waals surface area contributed by atoms with Crippen LogP contribution in [0.15, 0.2) is 24.5 Å². The number of aromatic nitrogens is 1. The monoisotopic (exact) mass is 185 g/mol. The molecule has 0 saturated carbocycles. The van der Waals surface area contributed by atoms with E-state index in [1.54, 1.807) is 18.5 Å². The SMILES string of the molecule is FC(F)c1cc2cnccc2s1. The van der Waals surface area contributed by atoms with Crippen molar-refractivity contribution in [3.8, 4) is 0 Å². The summed E-state index contributed by atoms with van der Waals surface area (Å²) < 4.78 is 25.3. The highest BCUT2D eigenvalue weighted by Crippen LogP contribution is 2.31. The minimum atomic E-state index is -2.37. The number of hydrogen-bond donors (Lipinski definition) is 0. The zero-order valence-corrected chi connectivity index (χ0v) is 6.81. The summed E-state index contributed by atoms with van der Waals surface area (Å²) in [5.74, 6) is 0. The molecule has 0 saturated heterocycles. The van der Waals surface area contributed by atoms with Gasteiger partial charge in [0.05, 0.1) is 4.88 Å². The molecule has 0 amide bonds. The van der Waals surface area contributed by atoms with Gasteiger partial charge in [-0.05, 0) is 12.1 Å². The summed E-state index contributed by atoms with van der Waals surface area (Å²) in [5.41, 5.74) is 0. The molecule has 62 valence electrons. The minimum absolute atomic E-state index is 0.109. The van der Waals surface area contributed by atoms with Gasteiger partial charge in [0.2, 0.25) is 0 Å². The van der Waals surface area contributed by atoms with E-state index in [9.17, 15) is 8.78 Å². The first-order valence-corrected chi connectivity index (χ1v) is 4.20. The molecule has 0 aliphatic carbocycles. The van der Waals surface area contributed by atoms with Gasteiger partial charge in [-0.25, -0.2) is 8.78 Å². The van der Waals surface area contributed by atoms with Crippen molar-refractivity contribution in [2.24, 2.45) is 0 Å². The molecule has 0 spiro atoms. The van der Waals surface area contributed by atoms with E-state index >= 15 is 0 Å². The van der Waals surface area contributed by atoms with Crippen LogP contribution in [-0.2, 0) is 0 Å². The van der Waals surface area contributed by atoms with Crippen molar-refractivity contribution < 1.29 is 8.78 Å². The van der Waals surface area contributed by atoms with Gasteiger partial charge in [-0.3, -0.25) is 4.98 Å². The molecule has 12 heavy (non-hydrogen) atoms. The molecular formula is C8H5F2NS. The highest BCUT2D eigenvalue weighted by molar-refractivity contribution is 7.19. The second kappa shape index (κ2) is 2.79. The number of pyridine rings is 1. The topological polar surface area (TPSA) is 12.9 Å². The van der Waals surface area contributed by atoms with E-state index in [0.717, 1.165) is 21.4 Å². The van der Waals surface area contributed by atoms with Crippen molar-refractivity contribution in [1.82, 2.24) is 4.98 Å².